The Labute approximate surface area is 139 Å². The predicted molar refractivity (Wildman–Crippen MR) is 85.8 cm³/mol. The Balaban J connectivity index is 1.69. The molecule has 2 aromatic rings. The molecule has 1 atom stereocenters. The van der Waals surface area contributed by atoms with Crippen LogP contribution in [-0.2, 0) is 4.79 Å². The minimum absolute atomic E-state index is 0.138. The maximum Gasteiger partial charge on any atom is 0.273 e. The van der Waals surface area contributed by atoms with Crippen LogP contribution in [0.25, 0.3) is 11.5 Å². The number of nitrogens with zero attached hydrogens (tertiary/aromatic N) is 1. The van der Waals surface area contributed by atoms with Crippen LogP contribution in [-0.4, -0.2) is 23.0 Å². The van der Waals surface area contributed by atoms with Gasteiger partial charge in [0.25, 0.3) is 5.91 Å². The van der Waals surface area contributed by atoms with Gasteiger partial charge in [0.05, 0.1) is 6.26 Å². The van der Waals surface area contributed by atoms with E-state index in [0.29, 0.717) is 11.5 Å². The number of hydrogen-bond acceptors (Lipinski definition) is 5. The highest BCUT2D eigenvalue weighted by Gasteiger charge is 2.28. The third-order valence-corrected chi connectivity index (χ3v) is 4.46. The van der Waals surface area contributed by atoms with Crippen LogP contribution >= 0.6 is 0 Å². The van der Waals surface area contributed by atoms with Crippen molar-refractivity contribution in [3.8, 4) is 11.5 Å². The van der Waals surface area contributed by atoms with E-state index in [1.807, 2.05) is 0 Å². The Kier molecular flexibility index (Phi) is 4.98. The van der Waals surface area contributed by atoms with E-state index in [4.69, 9.17) is 14.7 Å². The number of amides is 2. The molecule has 0 radical (unpaired) electrons. The average molecular weight is 331 g/mol. The maximum absolute atomic E-state index is 12.4. The van der Waals surface area contributed by atoms with Gasteiger partial charge in [-0.1, -0.05) is 24.4 Å². The minimum atomic E-state index is -0.415. The van der Waals surface area contributed by atoms with Crippen molar-refractivity contribution in [3.05, 3.63) is 30.2 Å². The normalized spacial score (nSPS) is 16.7. The SMILES string of the molecule is NC(=O)CC(NC(=O)c1cc(-c2ccco2)on1)C1CCCCC1. The van der Waals surface area contributed by atoms with Gasteiger partial charge in [-0.25, -0.2) is 0 Å². The summed E-state index contributed by atoms with van der Waals surface area (Å²) >= 11 is 0. The molecule has 0 spiro atoms. The third-order valence-electron chi connectivity index (χ3n) is 4.46. The van der Waals surface area contributed by atoms with Gasteiger partial charge in [0.1, 0.15) is 0 Å². The van der Waals surface area contributed by atoms with E-state index in [2.05, 4.69) is 10.5 Å². The van der Waals surface area contributed by atoms with Gasteiger partial charge in [0.2, 0.25) is 11.7 Å². The quantitative estimate of drug-likeness (QED) is 0.844. The van der Waals surface area contributed by atoms with Gasteiger partial charge in [-0.15, -0.1) is 0 Å². The molecule has 0 saturated heterocycles. The molecule has 7 nitrogen and oxygen atoms in total. The Morgan fingerprint density at radius 2 is 2.08 bits per heavy atom. The van der Waals surface area contributed by atoms with Gasteiger partial charge < -0.3 is 20.0 Å². The molecule has 7 heteroatoms. The average Bonchev–Trinajstić information content (AvgIpc) is 3.25. The van der Waals surface area contributed by atoms with Crippen molar-refractivity contribution in [2.45, 2.75) is 44.6 Å². The van der Waals surface area contributed by atoms with Crippen LogP contribution in [0.15, 0.2) is 33.4 Å². The fraction of sp³-hybridized carbons (Fsp3) is 0.471. The lowest BCUT2D eigenvalue weighted by Crippen LogP contribution is -2.43. The Morgan fingerprint density at radius 3 is 2.75 bits per heavy atom. The van der Waals surface area contributed by atoms with Gasteiger partial charge in [-0.05, 0) is 30.9 Å². The highest BCUT2D eigenvalue weighted by molar-refractivity contribution is 5.93. The number of carbonyl (C=O) groups excluding carboxylic acids is 2. The number of primary amides is 1. The van der Waals surface area contributed by atoms with Gasteiger partial charge in [-0.2, -0.15) is 0 Å². The lowest BCUT2D eigenvalue weighted by atomic mass is 9.82. The van der Waals surface area contributed by atoms with Gasteiger partial charge >= 0.3 is 0 Å². The molecule has 2 heterocycles. The first-order valence-corrected chi connectivity index (χ1v) is 8.23. The molecular weight excluding hydrogens is 310 g/mol. The molecule has 1 aliphatic rings. The first-order valence-electron chi connectivity index (χ1n) is 8.23. The molecule has 128 valence electrons. The zero-order chi connectivity index (χ0) is 16.9. The number of aromatic nitrogens is 1. The van der Waals surface area contributed by atoms with Crippen molar-refractivity contribution in [1.82, 2.24) is 10.5 Å². The number of nitrogens with two attached hydrogens (primary N) is 1. The van der Waals surface area contributed by atoms with Crippen molar-refractivity contribution >= 4 is 11.8 Å². The number of carbonyl (C=O) groups is 2. The second-order valence-corrected chi connectivity index (χ2v) is 6.20. The summed E-state index contributed by atoms with van der Waals surface area (Å²) < 4.78 is 10.4. The number of nitrogens with one attached hydrogen (secondary N) is 1. The highest BCUT2D eigenvalue weighted by atomic mass is 16.5. The Hall–Kier alpha value is -2.57. The fourth-order valence-corrected chi connectivity index (χ4v) is 3.25. The monoisotopic (exact) mass is 331 g/mol. The zero-order valence-electron chi connectivity index (χ0n) is 13.4. The lowest BCUT2D eigenvalue weighted by molar-refractivity contribution is -0.118. The summed E-state index contributed by atoms with van der Waals surface area (Å²) in [5.74, 6) is 0.374. The van der Waals surface area contributed by atoms with Crippen LogP contribution in [0.4, 0.5) is 0 Å². The van der Waals surface area contributed by atoms with E-state index < -0.39 is 5.91 Å². The molecule has 1 saturated carbocycles. The Morgan fingerprint density at radius 1 is 1.29 bits per heavy atom. The zero-order valence-corrected chi connectivity index (χ0v) is 13.4. The number of furan rings is 1. The maximum atomic E-state index is 12.4. The smallest absolute Gasteiger partial charge is 0.273 e. The fourth-order valence-electron chi connectivity index (χ4n) is 3.25. The van der Waals surface area contributed by atoms with Crippen molar-refractivity contribution in [1.29, 1.82) is 0 Å². The first-order chi connectivity index (χ1) is 11.6. The highest BCUT2D eigenvalue weighted by Crippen LogP contribution is 2.28. The van der Waals surface area contributed by atoms with Crippen LogP contribution in [0.2, 0.25) is 0 Å². The summed E-state index contributed by atoms with van der Waals surface area (Å²) in [6.45, 7) is 0. The number of rotatable bonds is 6. The summed E-state index contributed by atoms with van der Waals surface area (Å²) in [7, 11) is 0. The molecule has 0 aliphatic heterocycles. The molecule has 2 aromatic heterocycles. The van der Waals surface area contributed by atoms with Crippen molar-refractivity contribution in [2.75, 3.05) is 0 Å². The molecule has 3 rings (SSSR count). The lowest BCUT2D eigenvalue weighted by Gasteiger charge is -2.30. The molecule has 1 fully saturated rings. The van der Waals surface area contributed by atoms with Crippen molar-refractivity contribution in [2.24, 2.45) is 11.7 Å². The predicted octanol–water partition coefficient (Wildman–Crippen LogP) is 2.49. The molecule has 2 amide bonds. The Bertz CT molecular complexity index is 687. The molecule has 1 aliphatic carbocycles. The number of hydrogen-bond donors (Lipinski definition) is 2. The molecular formula is C17H21N3O4. The molecule has 0 bridgehead atoms. The van der Waals surface area contributed by atoms with Crippen molar-refractivity contribution < 1.29 is 18.5 Å². The van der Waals surface area contributed by atoms with Crippen molar-refractivity contribution in [3.63, 3.8) is 0 Å². The second-order valence-electron chi connectivity index (χ2n) is 6.20. The molecule has 1 unspecified atom stereocenters. The largest absolute Gasteiger partial charge is 0.461 e. The van der Waals surface area contributed by atoms with Gasteiger partial charge in [-0.3, -0.25) is 9.59 Å². The van der Waals surface area contributed by atoms with Crippen LogP contribution in [0, 0.1) is 5.92 Å². The van der Waals surface area contributed by atoms with Gasteiger partial charge in [0.15, 0.2) is 11.5 Å². The van der Waals surface area contributed by atoms with Gasteiger partial charge in [0, 0.05) is 18.5 Å². The summed E-state index contributed by atoms with van der Waals surface area (Å²) in [5, 5.41) is 6.69. The van der Waals surface area contributed by atoms with E-state index >= 15 is 0 Å². The summed E-state index contributed by atoms with van der Waals surface area (Å²) in [6, 6.07) is 4.71. The van der Waals surface area contributed by atoms with E-state index in [9.17, 15) is 9.59 Å². The first kappa shape index (κ1) is 16.3. The minimum Gasteiger partial charge on any atom is -0.461 e. The summed E-state index contributed by atoms with van der Waals surface area (Å²) in [6.07, 6.45) is 7.07. The van der Waals surface area contributed by atoms with Crippen LogP contribution in [0.5, 0.6) is 0 Å². The second kappa shape index (κ2) is 7.33. The van der Waals surface area contributed by atoms with Crippen LogP contribution in [0.1, 0.15) is 49.0 Å². The van der Waals surface area contributed by atoms with E-state index in [1.54, 1.807) is 12.1 Å². The molecule has 0 aromatic carbocycles. The molecule has 3 N–H and O–H groups in total. The van der Waals surface area contributed by atoms with E-state index in [1.165, 1.54) is 18.8 Å². The molecule has 24 heavy (non-hydrogen) atoms. The standard InChI is InChI=1S/C17H21N3O4/c18-16(21)10-12(11-5-2-1-3-6-11)19-17(22)13-9-15(24-20-13)14-7-4-8-23-14/h4,7-9,11-12H,1-3,5-6,10H2,(H2,18,21)(H,19,22). The summed E-state index contributed by atoms with van der Waals surface area (Å²) in [4.78, 5) is 23.8. The van der Waals surface area contributed by atoms with Crippen LogP contribution < -0.4 is 11.1 Å². The third kappa shape index (κ3) is 3.84. The van der Waals surface area contributed by atoms with E-state index in [0.717, 1.165) is 25.7 Å². The van der Waals surface area contributed by atoms with Crippen LogP contribution in [0.3, 0.4) is 0 Å². The summed E-state index contributed by atoms with van der Waals surface area (Å²) in [5.41, 5.74) is 5.50. The topological polar surface area (TPSA) is 111 Å². The van der Waals surface area contributed by atoms with E-state index in [-0.39, 0.29) is 30.0 Å².